The first-order valence-corrected chi connectivity index (χ1v) is 7.41. The van der Waals surface area contributed by atoms with Crippen molar-refractivity contribution < 1.29 is 32.3 Å². The van der Waals surface area contributed by atoms with Gasteiger partial charge < -0.3 is 14.8 Å². The Morgan fingerprint density at radius 3 is 2.56 bits per heavy atom. The summed E-state index contributed by atoms with van der Waals surface area (Å²) < 4.78 is 56.5. The molecule has 0 heterocycles. The van der Waals surface area contributed by atoms with Crippen LogP contribution in [0.1, 0.15) is 20.3 Å². The van der Waals surface area contributed by atoms with E-state index in [0.29, 0.717) is 0 Å². The van der Waals surface area contributed by atoms with Crippen LogP contribution in [0.4, 0.5) is 17.6 Å². The maximum atomic E-state index is 13.9. The molecule has 0 aromatic rings. The molecule has 25 heavy (non-hydrogen) atoms. The van der Waals surface area contributed by atoms with Gasteiger partial charge >= 0.3 is 13.3 Å². The van der Waals surface area contributed by atoms with Gasteiger partial charge in [0.15, 0.2) is 0 Å². The fourth-order valence-corrected chi connectivity index (χ4v) is 2.07. The number of alkyl halides is 3. The summed E-state index contributed by atoms with van der Waals surface area (Å²) in [6, 6.07) is 0. The summed E-state index contributed by atoms with van der Waals surface area (Å²) in [6.07, 6.45) is 5.64. The fourth-order valence-electron chi connectivity index (χ4n) is 2.07. The first-order chi connectivity index (χ1) is 11.5. The van der Waals surface area contributed by atoms with Crippen molar-refractivity contribution in [1.82, 2.24) is 0 Å². The van der Waals surface area contributed by atoms with Crippen molar-refractivity contribution in [1.29, 1.82) is 0 Å². The molecular formula is C17H19BF4O3. The molecule has 0 radical (unpaired) electrons. The molecule has 1 aliphatic rings. The zero-order valence-electron chi connectivity index (χ0n) is 13.9. The number of terminal acetylenes is 1. The number of hydrogen-bond acceptors (Lipinski definition) is 3. The Morgan fingerprint density at radius 2 is 2.08 bits per heavy atom. The SMILES string of the molecule is C#C/C(=C\C=C(/C)C(F)(F)F)COCC1(C)C=CC(B(O)O)=C(F)C1. The molecule has 0 bridgehead atoms. The molecule has 0 aromatic heterocycles. The van der Waals surface area contributed by atoms with Crippen molar-refractivity contribution in [2.75, 3.05) is 13.2 Å². The molecule has 2 N–H and O–H groups in total. The zero-order chi connectivity index (χ0) is 19.3. The van der Waals surface area contributed by atoms with Crippen LogP contribution in [0.25, 0.3) is 0 Å². The summed E-state index contributed by atoms with van der Waals surface area (Å²) in [5.41, 5.74) is -1.49. The Hall–Kier alpha value is -1.82. The van der Waals surface area contributed by atoms with Crippen LogP contribution in [0.3, 0.4) is 0 Å². The van der Waals surface area contributed by atoms with E-state index in [9.17, 15) is 17.6 Å². The first kappa shape index (κ1) is 21.2. The maximum absolute atomic E-state index is 13.9. The summed E-state index contributed by atoms with van der Waals surface area (Å²) in [6.45, 7) is 2.60. The monoisotopic (exact) mass is 358 g/mol. The summed E-state index contributed by atoms with van der Waals surface area (Å²) in [5.74, 6) is 1.59. The van der Waals surface area contributed by atoms with Gasteiger partial charge in [-0.05, 0) is 13.0 Å². The Morgan fingerprint density at radius 1 is 1.44 bits per heavy atom. The van der Waals surface area contributed by atoms with Crippen LogP contribution in [0.15, 0.2) is 46.7 Å². The Bertz CT molecular complexity index is 654. The smallest absolute Gasteiger partial charge is 0.423 e. The summed E-state index contributed by atoms with van der Waals surface area (Å²) in [5, 5.41) is 18.0. The van der Waals surface area contributed by atoms with Gasteiger partial charge in [-0.2, -0.15) is 13.2 Å². The number of rotatable bonds is 6. The topological polar surface area (TPSA) is 49.7 Å². The van der Waals surface area contributed by atoms with Crippen molar-refractivity contribution in [2.24, 2.45) is 5.41 Å². The van der Waals surface area contributed by atoms with Gasteiger partial charge in [-0.15, -0.1) is 6.42 Å². The van der Waals surface area contributed by atoms with Crippen LogP contribution in [0, 0.1) is 17.8 Å². The van der Waals surface area contributed by atoms with Crippen molar-refractivity contribution in [2.45, 2.75) is 26.4 Å². The Balaban J connectivity index is 2.65. The van der Waals surface area contributed by atoms with Gasteiger partial charge in [0.2, 0.25) is 0 Å². The lowest BCUT2D eigenvalue weighted by Gasteiger charge is -2.28. The molecule has 0 saturated carbocycles. The molecule has 136 valence electrons. The predicted molar refractivity (Wildman–Crippen MR) is 87.7 cm³/mol. The van der Waals surface area contributed by atoms with Crippen molar-refractivity contribution in [3.05, 3.63) is 46.7 Å². The van der Waals surface area contributed by atoms with E-state index in [1.807, 2.05) is 0 Å². The molecule has 1 unspecified atom stereocenters. The minimum Gasteiger partial charge on any atom is -0.423 e. The normalized spacial score (nSPS) is 22.2. The Kier molecular flexibility index (Phi) is 7.23. The molecule has 0 fully saturated rings. The van der Waals surface area contributed by atoms with E-state index >= 15 is 0 Å². The lowest BCUT2D eigenvalue weighted by Crippen LogP contribution is -2.27. The second-order valence-electron chi connectivity index (χ2n) is 6.07. The Labute approximate surface area is 144 Å². The van der Waals surface area contributed by atoms with Gasteiger partial charge in [0.1, 0.15) is 5.83 Å². The number of ether oxygens (including phenoxy) is 1. The molecule has 1 aliphatic carbocycles. The molecule has 0 saturated heterocycles. The van der Waals surface area contributed by atoms with E-state index in [2.05, 4.69) is 5.92 Å². The third-order valence-corrected chi connectivity index (χ3v) is 3.67. The maximum Gasteiger partial charge on any atom is 0.491 e. The van der Waals surface area contributed by atoms with E-state index in [4.69, 9.17) is 21.2 Å². The molecule has 3 nitrogen and oxygen atoms in total. The highest BCUT2D eigenvalue weighted by atomic mass is 19.4. The van der Waals surface area contributed by atoms with Crippen LogP contribution in [0.2, 0.25) is 0 Å². The van der Waals surface area contributed by atoms with Gasteiger partial charge in [-0.25, -0.2) is 4.39 Å². The summed E-state index contributed by atoms with van der Waals surface area (Å²) in [4.78, 5) is 0. The van der Waals surface area contributed by atoms with E-state index in [1.54, 1.807) is 13.0 Å². The van der Waals surface area contributed by atoms with Crippen LogP contribution >= 0.6 is 0 Å². The molecule has 8 heteroatoms. The largest absolute Gasteiger partial charge is 0.491 e. The van der Waals surface area contributed by atoms with Crippen molar-refractivity contribution in [3.63, 3.8) is 0 Å². The van der Waals surface area contributed by atoms with Crippen molar-refractivity contribution >= 4 is 7.12 Å². The van der Waals surface area contributed by atoms with Crippen LogP contribution in [-0.2, 0) is 4.74 Å². The highest BCUT2D eigenvalue weighted by Crippen LogP contribution is 2.35. The molecule has 1 atom stereocenters. The highest BCUT2D eigenvalue weighted by molar-refractivity contribution is 6.52. The molecule has 0 aliphatic heterocycles. The summed E-state index contributed by atoms with van der Waals surface area (Å²) in [7, 11) is -1.89. The third-order valence-electron chi connectivity index (χ3n) is 3.67. The molecule has 1 rings (SSSR count). The quantitative estimate of drug-likeness (QED) is 0.332. The molecular weight excluding hydrogens is 339 g/mol. The van der Waals surface area contributed by atoms with E-state index in [0.717, 1.165) is 19.1 Å². The first-order valence-electron chi connectivity index (χ1n) is 7.41. The van der Waals surface area contributed by atoms with Crippen molar-refractivity contribution in [3.8, 4) is 12.3 Å². The third kappa shape index (κ3) is 6.54. The highest BCUT2D eigenvalue weighted by Gasteiger charge is 2.31. The van der Waals surface area contributed by atoms with E-state index < -0.39 is 30.1 Å². The average molecular weight is 358 g/mol. The number of allylic oxidation sites excluding steroid dienone is 6. The van der Waals surface area contributed by atoms with E-state index in [1.165, 1.54) is 6.08 Å². The predicted octanol–water partition coefficient (Wildman–Crippen LogP) is 3.27. The minimum atomic E-state index is -4.42. The second-order valence-corrected chi connectivity index (χ2v) is 6.07. The van der Waals surface area contributed by atoms with Gasteiger partial charge in [0, 0.05) is 28.5 Å². The lowest BCUT2D eigenvalue weighted by atomic mass is 9.71. The molecule has 0 spiro atoms. The van der Waals surface area contributed by atoms with Crippen LogP contribution < -0.4 is 0 Å². The van der Waals surface area contributed by atoms with E-state index in [-0.39, 0.29) is 30.7 Å². The second kappa shape index (κ2) is 8.52. The van der Waals surface area contributed by atoms with Crippen LogP contribution in [-0.4, -0.2) is 36.6 Å². The fraction of sp³-hybridized carbons (Fsp3) is 0.412. The van der Waals surface area contributed by atoms with Gasteiger partial charge in [-0.1, -0.05) is 31.1 Å². The zero-order valence-corrected chi connectivity index (χ0v) is 13.9. The van der Waals surface area contributed by atoms with Gasteiger partial charge in [0.05, 0.1) is 13.2 Å². The molecule has 0 amide bonds. The molecule has 0 aromatic carbocycles. The number of hydrogen-bond donors (Lipinski definition) is 2. The van der Waals surface area contributed by atoms with Gasteiger partial charge in [-0.3, -0.25) is 0 Å². The number of halogens is 4. The standard InChI is InChI=1S/C17H19BF4O3/c1-4-13(6-5-12(2)17(20,21)22)10-25-11-16(3)8-7-14(18(23)24)15(19)9-16/h1,5-8,23-24H,9-11H2,2-3H3/b12-5+,13-6+. The lowest BCUT2D eigenvalue weighted by molar-refractivity contribution is -0.0913. The summed E-state index contributed by atoms with van der Waals surface area (Å²) >= 11 is 0. The van der Waals surface area contributed by atoms with Crippen LogP contribution in [0.5, 0.6) is 0 Å². The minimum absolute atomic E-state index is 0.0622. The average Bonchev–Trinajstić information content (AvgIpc) is 2.48. The van der Waals surface area contributed by atoms with Gasteiger partial charge in [0.25, 0.3) is 0 Å².